The second-order valence-electron chi connectivity index (χ2n) is 8.44. The van der Waals surface area contributed by atoms with Gasteiger partial charge < -0.3 is 21.1 Å². The van der Waals surface area contributed by atoms with Crippen LogP contribution in [0.25, 0.3) is 0 Å². The molecule has 186 valence electrons. The number of rotatable bonds is 12. The first-order valence-corrected chi connectivity index (χ1v) is 13.3. The summed E-state index contributed by atoms with van der Waals surface area (Å²) in [5.41, 5.74) is 3.02. The van der Waals surface area contributed by atoms with Crippen LogP contribution in [0.5, 0.6) is 0 Å². The van der Waals surface area contributed by atoms with Crippen LogP contribution in [-0.2, 0) is 17.6 Å². The fourth-order valence-corrected chi connectivity index (χ4v) is 4.78. The summed E-state index contributed by atoms with van der Waals surface area (Å²) in [6.45, 7) is 1.61. The highest BCUT2D eigenvalue weighted by Crippen LogP contribution is 2.21. The summed E-state index contributed by atoms with van der Waals surface area (Å²) in [4.78, 5) is 24.8. The number of carboxylic acid groups (broad SMARTS) is 1. The van der Waals surface area contributed by atoms with Gasteiger partial charge in [-0.1, -0.05) is 18.2 Å². The second-order valence-corrected chi connectivity index (χ2v) is 10.1. The molecule has 4 N–H and O–H groups in total. The third-order valence-corrected chi connectivity index (χ3v) is 7.26. The monoisotopic (exact) mass is 507 g/mol. The van der Waals surface area contributed by atoms with E-state index in [-0.39, 0.29) is 18.5 Å². The molecule has 3 atom stereocenters. The number of benzene rings is 2. The second kappa shape index (κ2) is 13.0. The maximum atomic E-state index is 13.2. The summed E-state index contributed by atoms with van der Waals surface area (Å²) in [6.07, 6.45) is 4.47. The Bertz CT molecular complexity index is 981. The SMILES string of the molecule is CSCC[C@H](NC(=O)c1cc(NC[C@H]2NCC[C@H]2S)ccc1CCc1ccc(F)cc1)C(=O)O.[HH]. The van der Waals surface area contributed by atoms with Gasteiger partial charge in [0, 0.05) is 30.5 Å². The van der Waals surface area contributed by atoms with E-state index in [9.17, 15) is 19.1 Å². The van der Waals surface area contributed by atoms with Crippen molar-refractivity contribution >= 4 is 42.0 Å². The number of hydrogen-bond donors (Lipinski definition) is 5. The number of amides is 1. The number of aryl methyl sites for hydroxylation is 2. The number of nitrogens with one attached hydrogen (secondary N) is 3. The van der Waals surface area contributed by atoms with Crippen molar-refractivity contribution < 1.29 is 20.5 Å². The Kier molecular flexibility index (Phi) is 10.1. The highest BCUT2D eigenvalue weighted by atomic mass is 32.2. The number of thiol groups is 1. The zero-order valence-electron chi connectivity index (χ0n) is 19.2. The molecule has 2 aromatic carbocycles. The Morgan fingerprint density at radius 1 is 1.26 bits per heavy atom. The van der Waals surface area contributed by atoms with Crippen LogP contribution in [0.15, 0.2) is 42.5 Å². The quantitative estimate of drug-likeness (QED) is 0.280. The highest BCUT2D eigenvalue weighted by molar-refractivity contribution is 7.98. The highest BCUT2D eigenvalue weighted by Gasteiger charge is 2.24. The van der Waals surface area contributed by atoms with E-state index in [0.29, 0.717) is 37.1 Å². The van der Waals surface area contributed by atoms with E-state index in [4.69, 9.17) is 0 Å². The van der Waals surface area contributed by atoms with Gasteiger partial charge in [0.15, 0.2) is 0 Å². The summed E-state index contributed by atoms with van der Waals surface area (Å²) in [5.74, 6) is -1.10. The minimum atomic E-state index is -1.04. The van der Waals surface area contributed by atoms with E-state index >= 15 is 0 Å². The molecule has 2 aromatic rings. The molecule has 0 aromatic heterocycles. The molecule has 9 heteroatoms. The largest absolute Gasteiger partial charge is 0.480 e. The van der Waals surface area contributed by atoms with Crippen molar-refractivity contribution in [2.45, 2.75) is 43.0 Å². The fourth-order valence-electron chi connectivity index (χ4n) is 3.96. The Balaban J connectivity index is 0.00000432. The predicted octanol–water partition coefficient (Wildman–Crippen LogP) is 3.87. The first kappa shape index (κ1) is 26.4. The lowest BCUT2D eigenvalue weighted by Crippen LogP contribution is -2.41. The van der Waals surface area contributed by atoms with Crippen LogP contribution in [0, 0.1) is 5.82 Å². The smallest absolute Gasteiger partial charge is 0.326 e. The molecule has 1 heterocycles. The van der Waals surface area contributed by atoms with Crippen molar-refractivity contribution in [2.75, 3.05) is 30.4 Å². The van der Waals surface area contributed by atoms with Gasteiger partial charge in [0.2, 0.25) is 0 Å². The van der Waals surface area contributed by atoms with Crippen molar-refractivity contribution in [1.82, 2.24) is 10.6 Å². The first-order chi connectivity index (χ1) is 16.4. The van der Waals surface area contributed by atoms with Gasteiger partial charge in [-0.05, 0) is 79.6 Å². The molecular formula is C25H34FN3O3S2. The number of halogens is 1. The zero-order chi connectivity index (χ0) is 24.5. The van der Waals surface area contributed by atoms with Crippen LogP contribution >= 0.6 is 24.4 Å². The normalized spacial score (nSPS) is 18.4. The van der Waals surface area contributed by atoms with E-state index in [0.717, 1.165) is 29.8 Å². The zero-order valence-corrected chi connectivity index (χ0v) is 20.9. The van der Waals surface area contributed by atoms with Crippen LogP contribution in [0.3, 0.4) is 0 Å². The molecule has 1 aliphatic rings. The van der Waals surface area contributed by atoms with Crippen molar-refractivity contribution in [3.8, 4) is 0 Å². The maximum Gasteiger partial charge on any atom is 0.326 e. The van der Waals surface area contributed by atoms with Gasteiger partial charge in [0.05, 0.1) is 0 Å². The molecule has 0 saturated carbocycles. The lowest BCUT2D eigenvalue weighted by Gasteiger charge is -2.19. The van der Waals surface area contributed by atoms with Gasteiger partial charge in [0.1, 0.15) is 11.9 Å². The van der Waals surface area contributed by atoms with Gasteiger partial charge in [-0.15, -0.1) is 0 Å². The molecule has 0 unspecified atom stereocenters. The molecule has 34 heavy (non-hydrogen) atoms. The van der Waals surface area contributed by atoms with Gasteiger partial charge >= 0.3 is 5.97 Å². The Morgan fingerprint density at radius 2 is 2.03 bits per heavy atom. The molecule has 0 radical (unpaired) electrons. The average molecular weight is 508 g/mol. The van der Waals surface area contributed by atoms with Crippen LogP contribution in [0.1, 0.15) is 35.8 Å². The van der Waals surface area contributed by atoms with E-state index in [1.54, 1.807) is 18.2 Å². The minimum absolute atomic E-state index is 0. The molecule has 3 rings (SSSR count). The standard InChI is InChI=1S/C25H32FN3O3S2.H2/c1-34-13-11-21(25(31)32)29-24(30)20-14-19(28-15-22-23(33)10-12-27-22)9-6-17(20)5-2-16-3-7-18(26)8-4-16;/h3-4,6-9,14,21-23,27-28,33H,2,5,10-13,15H2,1H3,(H,29,30)(H,31,32);1H/t21-,22+,23+;/m0./s1. The summed E-state index contributed by atoms with van der Waals surface area (Å²) < 4.78 is 13.2. The van der Waals surface area contributed by atoms with E-state index in [2.05, 4.69) is 28.6 Å². The summed E-state index contributed by atoms with van der Waals surface area (Å²) in [6, 6.07) is 11.2. The van der Waals surface area contributed by atoms with Crippen molar-refractivity contribution in [2.24, 2.45) is 0 Å². The number of hydrogen-bond acceptors (Lipinski definition) is 6. The Labute approximate surface area is 211 Å². The fraction of sp³-hybridized carbons (Fsp3) is 0.440. The molecule has 1 saturated heterocycles. The molecule has 0 spiro atoms. The third-order valence-electron chi connectivity index (χ3n) is 6.00. The molecular weight excluding hydrogens is 473 g/mol. The van der Waals surface area contributed by atoms with Crippen LogP contribution < -0.4 is 16.0 Å². The minimum Gasteiger partial charge on any atom is -0.480 e. The van der Waals surface area contributed by atoms with Crippen LogP contribution in [0.4, 0.5) is 10.1 Å². The van der Waals surface area contributed by atoms with E-state index in [1.165, 1.54) is 23.9 Å². The van der Waals surface area contributed by atoms with Gasteiger partial charge in [-0.3, -0.25) is 4.79 Å². The molecule has 6 nitrogen and oxygen atoms in total. The lowest BCUT2D eigenvalue weighted by molar-refractivity contribution is -0.139. The number of aliphatic carboxylic acids is 1. The predicted molar refractivity (Wildman–Crippen MR) is 142 cm³/mol. The number of thioether (sulfide) groups is 1. The van der Waals surface area contributed by atoms with E-state index < -0.39 is 17.9 Å². The lowest BCUT2D eigenvalue weighted by atomic mass is 9.98. The molecule has 0 aliphatic carbocycles. The average Bonchev–Trinajstić information content (AvgIpc) is 3.24. The Hall–Kier alpha value is -2.23. The first-order valence-electron chi connectivity index (χ1n) is 11.4. The molecule has 0 bridgehead atoms. The van der Waals surface area contributed by atoms with Gasteiger partial charge in [-0.2, -0.15) is 24.4 Å². The van der Waals surface area contributed by atoms with Crippen molar-refractivity contribution in [1.29, 1.82) is 0 Å². The third kappa shape index (κ3) is 7.65. The number of carbonyl (C=O) groups is 2. The van der Waals surface area contributed by atoms with E-state index in [1.807, 2.05) is 18.4 Å². The number of carbonyl (C=O) groups excluding carboxylic acids is 1. The Morgan fingerprint density at radius 3 is 2.68 bits per heavy atom. The van der Waals surface area contributed by atoms with Gasteiger partial charge in [0.25, 0.3) is 5.91 Å². The topological polar surface area (TPSA) is 90.5 Å². The maximum absolute atomic E-state index is 13.2. The summed E-state index contributed by atoms with van der Waals surface area (Å²) in [5, 5.41) is 19.3. The molecule has 1 aliphatic heterocycles. The summed E-state index contributed by atoms with van der Waals surface area (Å²) >= 11 is 6.15. The van der Waals surface area contributed by atoms with Gasteiger partial charge in [-0.25, -0.2) is 9.18 Å². The number of anilines is 1. The summed E-state index contributed by atoms with van der Waals surface area (Å²) in [7, 11) is 0. The molecule has 1 amide bonds. The number of carboxylic acids is 1. The molecule has 1 fully saturated rings. The van der Waals surface area contributed by atoms with Crippen LogP contribution in [0.2, 0.25) is 0 Å². The van der Waals surface area contributed by atoms with Crippen molar-refractivity contribution in [3.63, 3.8) is 0 Å². The van der Waals surface area contributed by atoms with Crippen molar-refractivity contribution in [3.05, 3.63) is 65.0 Å². The van der Waals surface area contributed by atoms with Crippen LogP contribution in [-0.4, -0.2) is 59.4 Å².